The summed E-state index contributed by atoms with van der Waals surface area (Å²) in [5.74, 6) is -1.16. The first kappa shape index (κ1) is 18.5. The molecule has 2 aromatic carbocycles. The van der Waals surface area contributed by atoms with Gasteiger partial charge >= 0.3 is 5.97 Å². The number of nitrogens with zero attached hydrogens (tertiary/aromatic N) is 1. The lowest BCUT2D eigenvalue weighted by Gasteiger charge is -2.35. The molecule has 1 fully saturated rings. The quantitative estimate of drug-likeness (QED) is 0.797. The number of morpholine rings is 1. The van der Waals surface area contributed by atoms with Crippen molar-refractivity contribution in [1.82, 2.24) is 10.2 Å². The molecule has 138 valence electrons. The van der Waals surface area contributed by atoms with Gasteiger partial charge in [-0.05, 0) is 35.4 Å². The van der Waals surface area contributed by atoms with Crippen LogP contribution in [0.15, 0.2) is 48.5 Å². The minimum Gasteiger partial charge on any atom is -0.478 e. The second-order valence-corrected chi connectivity index (χ2v) is 6.35. The second-order valence-electron chi connectivity index (χ2n) is 6.35. The van der Waals surface area contributed by atoms with Crippen molar-refractivity contribution in [3.8, 4) is 0 Å². The summed E-state index contributed by atoms with van der Waals surface area (Å²) in [4.78, 5) is 13.2. The lowest BCUT2D eigenvalue weighted by Crippen LogP contribution is -2.42. The van der Waals surface area contributed by atoms with E-state index < -0.39 is 5.97 Å². The van der Waals surface area contributed by atoms with Gasteiger partial charge in [-0.15, -0.1) is 0 Å². The molecule has 6 heteroatoms. The fraction of sp³-hybridized carbons (Fsp3) is 0.350. The minimum absolute atomic E-state index is 0.0629. The maximum atomic E-state index is 13.7. The van der Waals surface area contributed by atoms with E-state index in [0.717, 1.165) is 24.2 Å². The van der Waals surface area contributed by atoms with Crippen molar-refractivity contribution >= 4 is 5.97 Å². The maximum Gasteiger partial charge on any atom is 0.335 e. The number of hydrogen-bond acceptors (Lipinski definition) is 4. The molecule has 0 saturated carbocycles. The molecule has 0 aromatic heterocycles. The molecule has 0 bridgehead atoms. The highest BCUT2D eigenvalue weighted by Gasteiger charge is 2.22. The number of aromatic carboxylic acids is 1. The van der Waals surface area contributed by atoms with Crippen LogP contribution in [0.25, 0.3) is 0 Å². The number of ether oxygens (including phenoxy) is 1. The van der Waals surface area contributed by atoms with Crippen LogP contribution in [0.1, 0.15) is 27.5 Å². The van der Waals surface area contributed by atoms with Gasteiger partial charge in [0.05, 0.1) is 18.8 Å². The van der Waals surface area contributed by atoms with Gasteiger partial charge in [-0.3, -0.25) is 4.90 Å². The van der Waals surface area contributed by atoms with Crippen molar-refractivity contribution in [1.29, 1.82) is 0 Å². The molecule has 26 heavy (non-hydrogen) atoms. The van der Waals surface area contributed by atoms with Gasteiger partial charge in [-0.2, -0.15) is 0 Å². The third kappa shape index (κ3) is 4.88. The standard InChI is InChI=1S/C20H23FN2O3/c21-18-3-1-2-17(12-18)19(23-8-10-26-11-9-23)14-22-13-15-4-6-16(7-5-15)20(24)25/h1-7,12,19,22H,8-11,13-14H2,(H,24,25). The lowest BCUT2D eigenvalue weighted by atomic mass is 10.0. The Bertz CT molecular complexity index is 730. The van der Waals surface area contributed by atoms with Crippen molar-refractivity contribution in [3.05, 3.63) is 71.0 Å². The zero-order valence-electron chi connectivity index (χ0n) is 14.5. The molecule has 1 aliphatic rings. The average Bonchev–Trinajstić information content (AvgIpc) is 2.66. The van der Waals surface area contributed by atoms with Gasteiger partial charge in [0.1, 0.15) is 5.82 Å². The molecule has 1 heterocycles. The number of rotatable bonds is 7. The molecule has 2 aromatic rings. The van der Waals surface area contributed by atoms with Gasteiger partial charge in [0.25, 0.3) is 0 Å². The summed E-state index contributed by atoms with van der Waals surface area (Å²) in [6.45, 7) is 4.29. The van der Waals surface area contributed by atoms with Crippen LogP contribution in [0.2, 0.25) is 0 Å². The van der Waals surface area contributed by atoms with Crippen molar-refractivity contribution in [2.75, 3.05) is 32.8 Å². The summed E-state index contributed by atoms with van der Waals surface area (Å²) in [5, 5.41) is 12.4. The van der Waals surface area contributed by atoms with E-state index in [4.69, 9.17) is 9.84 Å². The summed E-state index contributed by atoms with van der Waals surface area (Å²) in [5.41, 5.74) is 2.23. The molecular formula is C20H23FN2O3. The van der Waals surface area contributed by atoms with Crippen LogP contribution in [0.4, 0.5) is 4.39 Å². The Morgan fingerprint density at radius 1 is 1.19 bits per heavy atom. The van der Waals surface area contributed by atoms with Crippen molar-refractivity contribution < 1.29 is 19.0 Å². The largest absolute Gasteiger partial charge is 0.478 e. The van der Waals surface area contributed by atoms with Crippen LogP contribution in [-0.2, 0) is 11.3 Å². The average molecular weight is 358 g/mol. The van der Waals surface area contributed by atoms with E-state index in [1.165, 1.54) is 6.07 Å². The van der Waals surface area contributed by atoms with Crippen LogP contribution < -0.4 is 5.32 Å². The highest BCUT2D eigenvalue weighted by Crippen LogP contribution is 2.22. The summed E-state index contributed by atoms with van der Waals surface area (Å²) in [7, 11) is 0. The smallest absolute Gasteiger partial charge is 0.335 e. The van der Waals surface area contributed by atoms with E-state index in [1.807, 2.05) is 18.2 Å². The van der Waals surface area contributed by atoms with Gasteiger partial charge in [0.2, 0.25) is 0 Å². The number of benzene rings is 2. The number of carboxylic acid groups (broad SMARTS) is 1. The third-order valence-corrected chi connectivity index (χ3v) is 4.59. The molecule has 1 unspecified atom stereocenters. The Morgan fingerprint density at radius 3 is 2.58 bits per heavy atom. The number of carboxylic acids is 1. The van der Waals surface area contributed by atoms with Crippen LogP contribution in [-0.4, -0.2) is 48.8 Å². The molecule has 0 spiro atoms. The normalized spacial score (nSPS) is 16.3. The second kappa shape index (κ2) is 8.89. The van der Waals surface area contributed by atoms with Crippen LogP contribution in [0, 0.1) is 5.82 Å². The van der Waals surface area contributed by atoms with Crippen LogP contribution >= 0.6 is 0 Å². The lowest BCUT2D eigenvalue weighted by molar-refractivity contribution is 0.0160. The fourth-order valence-electron chi connectivity index (χ4n) is 3.18. The van der Waals surface area contributed by atoms with Crippen molar-refractivity contribution in [2.24, 2.45) is 0 Å². The van der Waals surface area contributed by atoms with Crippen LogP contribution in [0.3, 0.4) is 0 Å². The van der Waals surface area contributed by atoms with E-state index in [0.29, 0.717) is 26.3 Å². The molecule has 1 saturated heterocycles. The molecule has 3 rings (SSSR count). The number of nitrogens with one attached hydrogen (secondary N) is 1. The van der Waals surface area contributed by atoms with Crippen molar-refractivity contribution in [3.63, 3.8) is 0 Å². The van der Waals surface area contributed by atoms with E-state index in [9.17, 15) is 9.18 Å². The zero-order chi connectivity index (χ0) is 18.4. The Labute approximate surface area is 152 Å². The molecule has 1 atom stereocenters. The minimum atomic E-state index is -0.928. The predicted octanol–water partition coefficient (Wildman–Crippen LogP) is 2.69. The van der Waals surface area contributed by atoms with E-state index in [2.05, 4.69) is 10.2 Å². The Balaban J connectivity index is 1.64. The van der Waals surface area contributed by atoms with E-state index >= 15 is 0 Å². The Kier molecular flexibility index (Phi) is 6.33. The topological polar surface area (TPSA) is 61.8 Å². The van der Waals surface area contributed by atoms with E-state index in [1.54, 1.807) is 24.3 Å². The van der Waals surface area contributed by atoms with Crippen molar-refractivity contribution in [2.45, 2.75) is 12.6 Å². The molecular weight excluding hydrogens is 335 g/mol. The Morgan fingerprint density at radius 2 is 1.92 bits per heavy atom. The molecule has 0 radical (unpaired) electrons. The first-order chi connectivity index (χ1) is 12.6. The first-order valence-corrected chi connectivity index (χ1v) is 8.74. The number of hydrogen-bond donors (Lipinski definition) is 2. The fourth-order valence-corrected chi connectivity index (χ4v) is 3.18. The highest BCUT2D eigenvalue weighted by atomic mass is 19.1. The highest BCUT2D eigenvalue weighted by molar-refractivity contribution is 5.87. The summed E-state index contributed by atoms with van der Waals surface area (Å²) in [6.07, 6.45) is 0. The van der Waals surface area contributed by atoms with E-state index in [-0.39, 0.29) is 17.4 Å². The summed E-state index contributed by atoms with van der Waals surface area (Å²) >= 11 is 0. The SMILES string of the molecule is O=C(O)c1ccc(CNCC(c2cccc(F)c2)N2CCOCC2)cc1. The molecule has 1 aliphatic heterocycles. The van der Waals surface area contributed by atoms with Gasteiger partial charge in [-0.25, -0.2) is 9.18 Å². The van der Waals surface area contributed by atoms with Gasteiger partial charge < -0.3 is 15.2 Å². The molecule has 0 aliphatic carbocycles. The predicted molar refractivity (Wildman–Crippen MR) is 96.6 cm³/mol. The summed E-state index contributed by atoms with van der Waals surface area (Å²) in [6, 6.07) is 13.6. The maximum absolute atomic E-state index is 13.7. The molecule has 5 nitrogen and oxygen atoms in total. The third-order valence-electron chi connectivity index (χ3n) is 4.59. The summed E-state index contributed by atoms with van der Waals surface area (Å²) < 4.78 is 19.1. The van der Waals surface area contributed by atoms with Gasteiger partial charge in [0, 0.05) is 32.2 Å². The number of carbonyl (C=O) groups is 1. The Hall–Kier alpha value is -2.28. The molecule has 0 amide bonds. The van der Waals surface area contributed by atoms with Gasteiger partial charge in [0.15, 0.2) is 0 Å². The zero-order valence-corrected chi connectivity index (χ0v) is 14.5. The number of halogens is 1. The monoisotopic (exact) mass is 358 g/mol. The van der Waals surface area contributed by atoms with Gasteiger partial charge in [-0.1, -0.05) is 24.3 Å². The molecule has 2 N–H and O–H groups in total. The first-order valence-electron chi connectivity index (χ1n) is 8.74. The van der Waals surface area contributed by atoms with Crippen LogP contribution in [0.5, 0.6) is 0 Å².